The van der Waals surface area contributed by atoms with Gasteiger partial charge in [-0.05, 0) is 43.9 Å². The Labute approximate surface area is 148 Å². The van der Waals surface area contributed by atoms with Crippen LogP contribution in [0, 0.1) is 5.82 Å². The van der Waals surface area contributed by atoms with Crippen molar-refractivity contribution < 1.29 is 13.8 Å². The van der Waals surface area contributed by atoms with Crippen molar-refractivity contribution in [2.45, 2.75) is 12.0 Å². The average molecular weight is 412 g/mol. The highest BCUT2D eigenvalue weighted by Gasteiger charge is 2.37. The van der Waals surface area contributed by atoms with E-state index >= 15 is 0 Å². The number of anilines is 1. The zero-order chi connectivity index (χ0) is 16.7. The first-order valence-corrected chi connectivity index (χ1v) is 9.08. The molecule has 0 aliphatic carbocycles. The Hall–Kier alpha value is -1.94. The molecule has 0 saturated carbocycles. The lowest BCUT2D eigenvalue weighted by Gasteiger charge is -2.25. The second-order valence-corrected chi connectivity index (χ2v) is 7.35. The fraction of sp³-hybridized carbons (Fsp3) is 0.286. The minimum absolute atomic E-state index is 0.280. The normalized spacial score (nSPS) is 20.5. The van der Waals surface area contributed by atoms with E-state index in [1.54, 1.807) is 12.1 Å². The van der Waals surface area contributed by atoms with Crippen molar-refractivity contribution in [1.82, 2.24) is 15.7 Å². The Balaban J connectivity index is 1.68. The van der Waals surface area contributed by atoms with Crippen LogP contribution in [-0.4, -0.2) is 39.5 Å². The van der Waals surface area contributed by atoms with Crippen LogP contribution in [0.4, 0.5) is 10.2 Å². The third kappa shape index (κ3) is 2.69. The highest BCUT2D eigenvalue weighted by Crippen LogP contribution is 2.31. The highest BCUT2D eigenvalue weighted by molar-refractivity contribution is 9.10. The van der Waals surface area contributed by atoms with Gasteiger partial charge in [-0.1, -0.05) is 6.07 Å². The first-order valence-electron chi connectivity index (χ1n) is 7.13. The van der Waals surface area contributed by atoms with Gasteiger partial charge in [0.2, 0.25) is 5.82 Å². The van der Waals surface area contributed by atoms with Crippen LogP contribution >= 0.6 is 27.7 Å². The molecule has 2 aromatic rings. The molecule has 2 aliphatic rings. The Morgan fingerprint density at radius 2 is 2.21 bits per heavy atom. The van der Waals surface area contributed by atoms with E-state index in [2.05, 4.69) is 42.1 Å². The van der Waals surface area contributed by atoms with Crippen LogP contribution < -0.4 is 10.7 Å². The highest BCUT2D eigenvalue weighted by atomic mass is 79.9. The maximum absolute atomic E-state index is 13.5. The maximum atomic E-state index is 13.5. The monoisotopic (exact) mass is 411 g/mol. The fourth-order valence-corrected chi connectivity index (χ4v) is 3.56. The first-order chi connectivity index (χ1) is 11.6. The van der Waals surface area contributed by atoms with Crippen molar-refractivity contribution in [3.63, 3.8) is 0 Å². The van der Waals surface area contributed by atoms with E-state index in [1.807, 2.05) is 11.8 Å². The Morgan fingerprint density at radius 3 is 2.92 bits per heavy atom. The number of hydrazone groups is 1. The van der Waals surface area contributed by atoms with E-state index in [0.29, 0.717) is 28.8 Å². The van der Waals surface area contributed by atoms with Gasteiger partial charge in [-0.15, -0.1) is 0 Å². The third-order valence-electron chi connectivity index (χ3n) is 3.81. The minimum atomic E-state index is -0.704. The van der Waals surface area contributed by atoms with Gasteiger partial charge in [0.1, 0.15) is 17.4 Å². The molecule has 1 unspecified atom stereocenters. The molecule has 4 rings (SSSR count). The number of nitrogens with one attached hydrogen (secondary N) is 2. The predicted molar refractivity (Wildman–Crippen MR) is 90.6 cm³/mol. The number of benzene rings is 1. The van der Waals surface area contributed by atoms with Gasteiger partial charge < -0.3 is 5.32 Å². The lowest BCUT2D eigenvalue weighted by Crippen LogP contribution is -2.34. The predicted octanol–water partition coefficient (Wildman–Crippen LogP) is 2.12. The number of halogens is 2. The molecule has 1 saturated heterocycles. The molecule has 2 aliphatic heterocycles. The molecule has 0 spiro atoms. The van der Waals surface area contributed by atoms with Crippen LogP contribution in [0.25, 0.3) is 0 Å². The largest absolute Gasteiger partial charge is 0.361 e. The number of thioether (sulfide) groups is 1. The SMILES string of the molecule is O=C1NN=C(c2nonc2NC2CSC2)C1c1ccc(F)c(Br)c1. The van der Waals surface area contributed by atoms with E-state index < -0.39 is 11.7 Å². The third-order valence-corrected chi connectivity index (χ3v) is 5.69. The van der Waals surface area contributed by atoms with E-state index in [1.165, 1.54) is 6.07 Å². The van der Waals surface area contributed by atoms with Crippen LogP contribution in [0.15, 0.2) is 32.4 Å². The van der Waals surface area contributed by atoms with E-state index in [-0.39, 0.29) is 10.4 Å². The van der Waals surface area contributed by atoms with Crippen molar-refractivity contribution in [3.05, 3.63) is 39.7 Å². The van der Waals surface area contributed by atoms with Gasteiger partial charge in [-0.25, -0.2) is 14.4 Å². The van der Waals surface area contributed by atoms with E-state index in [9.17, 15) is 9.18 Å². The number of rotatable bonds is 4. The average Bonchev–Trinajstić information content (AvgIpc) is 3.12. The van der Waals surface area contributed by atoms with Crippen molar-refractivity contribution in [3.8, 4) is 0 Å². The number of hydrogen-bond donors (Lipinski definition) is 2. The minimum Gasteiger partial charge on any atom is -0.361 e. The van der Waals surface area contributed by atoms with Crippen LogP contribution in [0.1, 0.15) is 17.2 Å². The molecule has 24 heavy (non-hydrogen) atoms. The van der Waals surface area contributed by atoms with Gasteiger partial charge in [0.25, 0.3) is 5.91 Å². The second-order valence-electron chi connectivity index (χ2n) is 5.42. The van der Waals surface area contributed by atoms with E-state index in [4.69, 9.17) is 4.63 Å². The second kappa shape index (κ2) is 6.17. The molecule has 3 heterocycles. The lowest BCUT2D eigenvalue weighted by molar-refractivity contribution is -0.120. The molecular formula is C14H11BrFN5O2S. The van der Waals surface area contributed by atoms with Gasteiger partial charge in [0.05, 0.1) is 4.47 Å². The summed E-state index contributed by atoms with van der Waals surface area (Å²) in [5, 5.41) is 15.1. The quantitative estimate of drug-likeness (QED) is 0.800. The van der Waals surface area contributed by atoms with Crippen molar-refractivity contribution in [1.29, 1.82) is 0 Å². The molecule has 1 atom stereocenters. The number of nitrogens with zero attached hydrogens (tertiary/aromatic N) is 3. The summed E-state index contributed by atoms with van der Waals surface area (Å²) in [4.78, 5) is 12.2. The van der Waals surface area contributed by atoms with Gasteiger partial charge in [0, 0.05) is 17.5 Å². The Kier molecular flexibility index (Phi) is 4.01. The van der Waals surface area contributed by atoms with Crippen molar-refractivity contribution in [2.24, 2.45) is 5.10 Å². The van der Waals surface area contributed by atoms with Crippen LogP contribution in [0.2, 0.25) is 0 Å². The van der Waals surface area contributed by atoms with Gasteiger partial charge in [-0.2, -0.15) is 16.9 Å². The summed E-state index contributed by atoms with van der Waals surface area (Å²) in [7, 11) is 0. The van der Waals surface area contributed by atoms with Gasteiger partial charge in [-0.3, -0.25) is 4.79 Å². The standard InChI is InChI=1S/C14H11BrFN5O2S/c15-8-3-6(1-2-9(8)16)10-11(18-19-14(10)22)12-13(21-23-20-12)17-7-4-24-5-7/h1-3,7,10H,4-5H2,(H,17,21)(H,19,22). The smallest absolute Gasteiger partial charge is 0.253 e. The summed E-state index contributed by atoms with van der Waals surface area (Å²) in [5.41, 5.74) is 3.83. The van der Waals surface area contributed by atoms with Crippen molar-refractivity contribution in [2.75, 3.05) is 16.8 Å². The lowest BCUT2D eigenvalue weighted by atomic mass is 9.92. The van der Waals surface area contributed by atoms with Crippen molar-refractivity contribution >= 4 is 45.1 Å². The van der Waals surface area contributed by atoms with Gasteiger partial charge >= 0.3 is 0 Å². The van der Waals surface area contributed by atoms with Crippen LogP contribution in [-0.2, 0) is 4.79 Å². The summed E-state index contributed by atoms with van der Waals surface area (Å²) >= 11 is 4.97. The molecule has 2 N–H and O–H groups in total. The summed E-state index contributed by atoms with van der Waals surface area (Å²) < 4.78 is 18.6. The molecule has 0 radical (unpaired) electrons. The van der Waals surface area contributed by atoms with E-state index in [0.717, 1.165) is 11.5 Å². The summed E-state index contributed by atoms with van der Waals surface area (Å²) in [6.45, 7) is 0. The van der Waals surface area contributed by atoms with Crippen LogP contribution in [0.3, 0.4) is 0 Å². The molecular weight excluding hydrogens is 401 g/mol. The number of amides is 1. The first kappa shape index (κ1) is 15.6. The van der Waals surface area contributed by atoms with Crippen LogP contribution in [0.5, 0.6) is 0 Å². The Bertz CT molecular complexity index is 838. The fourth-order valence-electron chi connectivity index (χ4n) is 2.52. The molecule has 7 nitrogen and oxygen atoms in total. The maximum Gasteiger partial charge on any atom is 0.253 e. The molecule has 1 amide bonds. The van der Waals surface area contributed by atoms with Gasteiger partial charge in [0.15, 0.2) is 5.69 Å². The molecule has 1 aromatic carbocycles. The topological polar surface area (TPSA) is 92.4 Å². The molecule has 0 bridgehead atoms. The summed E-state index contributed by atoms with van der Waals surface area (Å²) in [6.07, 6.45) is 0. The summed E-state index contributed by atoms with van der Waals surface area (Å²) in [6, 6.07) is 4.71. The zero-order valence-corrected chi connectivity index (χ0v) is 14.5. The molecule has 10 heteroatoms. The number of carbonyl (C=O) groups is 1. The number of hydrogen-bond acceptors (Lipinski definition) is 7. The zero-order valence-electron chi connectivity index (χ0n) is 12.1. The Morgan fingerprint density at radius 1 is 1.38 bits per heavy atom. The summed E-state index contributed by atoms with van der Waals surface area (Å²) in [5.74, 6) is 1.00. The number of carbonyl (C=O) groups excluding carboxylic acids is 1. The molecule has 1 aromatic heterocycles. The molecule has 124 valence electrons. The number of aromatic nitrogens is 2. The molecule has 1 fully saturated rings.